The lowest BCUT2D eigenvalue weighted by Crippen LogP contribution is -2.51. The number of para-hydroxylation sites is 1. The number of benzene rings is 1. The van der Waals surface area contributed by atoms with Gasteiger partial charge in [0, 0.05) is 11.9 Å². The molecule has 0 bridgehead atoms. The Morgan fingerprint density at radius 2 is 1.86 bits per heavy atom. The Kier molecular flexibility index (Phi) is 7.69. The summed E-state index contributed by atoms with van der Waals surface area (Å²) in [4.78, 5) is 39.7. The molecule has 0 saturated heterocycles. The number of anilines is 1. The molecule has 2 rings (SSSR count). The van der Waals surface area contributed by atoms with Gasteiger partial charge >= 0.3 is 0 Å². The predicted octanol–water partition coefficient (Wildman–Crippen LogP) is 2.85. The minimum Gasteiger partial charge on any atom is -0.459 e. The highest BCUT2D eigenvalue weighted by atomic mass is 32.2. The number of furan rings is 1. The number of carbonyl (C=O) groups excluding carboxylic acids is 3. The van der Waals surface area contributed by atoms with Crippen molar-refractivity contribution in [1.82, 2.24) is 10.2 Å². The van der Waals surface area contributed by atoms with Crippen LogP contribution in [0.3, 0.4) is 0 Å². The maximum Gasteiger partial charge on any atom is 0.287 e. The third-order valence-corrected chi connectivity index (χ3v) is 4.90. The number of hydrogen-bond acceptors (Lipinski definition) is 5. The molecule has 1 atom stereocenters. The molecule has 1 heterocycles. The Hall–Kier alpha value is -2.74. The molecule has 0 aliphatic rings. The molecule has 8 heteroatoms. The lowest BCUT2D eigenvalue weighted by Gasteiger charge is -2.26. The lowest BCUT2D eigenvalue weighted by atomic mass is 10.0. The molecule has 0 radical (unpaired) electrons. The van der Waals surface area contributed by atoms with Gasteiger partial charge in [0.2, 0.25) is 11.8 Å². The van der Waals surface area contributed by atoms with E-state index in [1.54, 1.807) is 6.07 Å². The number of thioether (sulfide) groups is 1. The van der Waals surface area contributed by atoms with Gasteiger partial charge in [0.25, 0.3) is 5.91 Å². The fourth-order valence-electron chi connectivity index (χ4n) is 2.60. The van der Waals surface area contributed by atoms with Crippen molar-refractivity contribution < 1.29 is 18.8 Å². The van der Waals surface area contributed by atoms with Gasteiger partial charge in [0.05, 0.1) is 18.5 Å². The maximum atomic E-state index is 12.8. The topological polar surface area (TPSA) is 91.7 Å². The highest BCUT2D eigenvalue weighted by molar-refractivity contribution is 7.98. The van der Waals surface area contributed by atoms with Crippen LogP contribution < -0.4 is 10.6 Å². The summed E-state index contributed by atoms with van der Waals surface area (Å²) in [6, 6.07) is 9.81. The van der Waals surface area contributed by atoms with Crippen molar-refractivity contribution in [3.8, 4) is 0 Å². The Morgan fingerprint density at radius 1 is 1.14 bits per heavy atom. The van der Waals surface area contributed by atoms with Gasteiger partial charge < -0.3 is 20.0 Å². The summed E-state index contributed by atoms with van der Waals surface area (Å²) in [6.45, 7) is 3.53. The predicted molar refractivity (Wildman–Crippen MR) is 109 cm³/mol. The van der Waals surface area contributed by atoms with Crippen LogP contribution in [0.15, 0.2) is 52.0 Å². The van der Waals surface area contributed by atoms with E-state index in [1.807, 2.05) is 44.4 Å². The Morgan fingerprint density at radius 3 is 2.46 bits per heavy atom. The largest absolute Gasteiger partial charge is 0.459 e. The van der Waals surface area contributed by atoms with Gasteiger partial charge in [0.1, 0.15) is 6.04 Å². The first-order chi connectivity index (χ1) is 13.3. The van der Waals surface area contributed by atoms with Gasteiger partial charge in [-0.2, -0.15) is 0 Å². The molecule has 3 amide bonds. The van der Waals surface area contributed by atoms with Crippen LogP contribution in [0.5, 0.6) is 0 Å². The molecule has 1 aromatic carbocycles. The average molecular weight is 404 g/mol. The van der Waals surface area contributed by atoms with Crippen molar-refractivity contribution in [2.45, 2.75) is 24.8 Å². The lowest BCUT2D eigenvalue weighted by molar-refractivity contribution is -0.135. The first kappa shape index (κ1) is 21.6. The second-order valence-corrected chi connectivity index (χ2v) is 7.46. The first-order valence-electron chi connectivity index (χ1n) is 8.85. The number of amides is 3. The molecule has 150 valence electrons. The molecule has 2 N–H and O–H groups in total. The molecular formula is C20H25N3O4S. The van der Waals surface area contributed by atoms with Crippen LogP contribution in [0, 0.1) is 5.92 Å². The third-order valence-electron chi connectivity index (χ3n) is 4.10. The summed E-state index contributed by atoms with van der Waals surface area (Å²) in [6.07, 6.45) is 3.32. The van der Waals surface area contributed by atoms with Crippen LogP contribution >= 0.6 is 11.8 Å². The van der Waals surface area contributed by atoms with E-state index >= 15 is 0 Å². The van der Waals surface area contributed by atoms with Gasteiger partial charge in [-0.1, -0.05) is 26.0 Å². The van der Waals surface area contributed by atoms with Crippen LogP contribution in [0.25, 0.3) is 0 Å². The zero-order valence-corrected chi connectivity index (χ0v) is 17.2. The zero-order chi connectivity index (χ0) is 20.7. The van der Waals surface area contributed by atoms with Crippen molar-refractivity contribution in [3.05, 3.63) is 48.4 Å². The standard InChI is InChI=1S/C20H25N3O4S/c1-13(2)18(22-19(25)15-9-7-11-27-15)20(26)23(3)12-17(24)21-14-8-5-6-10-16(14)28-4/h5-11,13,18H,12H2,1-4H3,(H,21,24)(H,22,25). The van der Waals surface area contributed by atoms with Crippen LogP contribution in [0.2, 0.25) is 0 Å². The van der Waals surface area contributed by atoms with Gasteiger partial charge in [-0.05, 0) is 36.4 Å². The molecule has 0 aliphatic heterocycles. The Labute approximate surface area is 168 Å². The minimum absolute atomic E-state index is 0.124. The van der Waals surface area contributed by atoms with E-state index in [2.05, 4.69) is 10.6 Å². The van der Waals surface area contributed by atoms with Gasteiger partial charge in [0.15, 0.2) is 5.76 Å². The van der Waals surface area contributed by atoms with Crippen molar-refractivity contribution in [2.75, 3.05) is 25.2 Å². The van der Waals surface area contributed by atoms with Gasteiger partial charge in [-0.25, -0.2) is 0 Å². The van der Waals surface area contributed by atoms with Crippen LogP contribution in [-0.4, -0.2) is 48.5 Å². The first-order valence-corrected chi connectivity index (χ1v) is 10.1. The average Bonchev–Trinajstić information content (AvgIpc) is 3.20. The quantitative estimate of drug-likeness (QED) is 0.662. The van der Waals surface area contributed by atoms with E-state index in [0.717, 1.165) is 4.90 Å². The van der Waals surface area contributed by atoms with E-state index in [1.165, 1.54) is 36.0 Å². The molecule has 1 unspecified atom stereocenters. The smallest absolute Gasteiger partial charge is 0.287 e. The molecule has 28 heavy (non-hydrogen) atoms. The van der Waals surface area contributed by atoms with Crippen LogP contribution in [0.1, 0.15) is 24.4 Å². The minimum atomic E-state index is -0.770. The van der Waals surface area contributed by atoms with Crippen LogP contribution in [-0.2, 0) is 9.59 Å². The molecule has 2 aromatic rings. The van der Waals surface area contributed by atoms with E-state index in [4.69, 9.17) is 4.42 Å². The highest BCUT2D eigenvalue weighted by Crippen LogP contribution is 2.24. The Balaban J connectivity index is 2.00. The summed E-state index contributed by atoms with van der Waals surface area (Å²) < 4.78 is 5.07. The van der Waals surface area contributed by atoms with Crippen molar-refractivity contribution in [1.29, 1.82) is 0 Å². The van der Waals surface area contributed by atoms with Crippen molar-refractivity contribution in [2.24, 2.45) is 5.92 Å². The summed E-state index contributed by atoms with van der Waals surface area (Å²) in [7, 11) is 1.54. The molecule has 1 aromatic heterocycles. The normalized spacial score (nSPS) is 11.8. The summed E-state index contributed by atoms with van der Waals surface area (Å²) in [5.74, 6) is -1.15. The van der Waals surface area contributed by atoms with Crippen molar-refractivity contribution in [3.63, 3.8) is 0 Å². The van der Waals surface area contributed by atoms with Crippen molar-refractivity contribution >= 4 is 35.2 Å². The second-order valence-electron chi connectivity index (χ2n) is 6.62. The SMILES string of the molecule is CSc1ccccc1NC(=O)CN(C)C(=O)C(NC(=O)c1ccco1)C(C)C. The van der Waals surface area contributed by atoms with E-state index in [9.17, 15) is 14.4 Å². The second kappa shape index (κ2) is 9.98. The fraction of sp³-hybridized carbons (Fsp3) is 0.350. The molecular weight excluding hydrogens is 378 g/mol. The molecule has 0 saturated carbocycles. The monoisotopic (exact) mass is 403 g/mol. The molecule has 0 aliphatic carbocycles. The van der Waals surface area contributed by atoms with E-state index in [-0.39, 0.29) is 30.0 Å². The maximum absolute atomic E-state index is 12.8. The molecule has 0 fully saturated rings. The van der Waals surface area contributed by atoms with Crippen LogP contribution in [0.4, 0.5) is 5.69 Å². The number of carbonyl (C=O) groups is 3. The number of hydrogen-bond donors (Lipinski definition) is 2. The summed E-state index contributed by atoms with van der Waals surface area (Å²) in [5.41, 5.74) is 0.701. The fourth-order valence-corrected chi connectivity index (χ4v) is 3.16. The van der Waals surface area contributed by atoms with E-state index < -0.39 is 11.9 Å². The molecule has 0 spiro atoms. The van der Waals surface area contributed by atoms with Gasteiger partial charge in [-0.3, -0.25) is 14.4 Å². The number of nitrogens with one attached hydrogen (secondary N) is 2. The Bertz CT molecular complexity index is 821. The summed E-state index contributed by atoms with van der Waals surface area (Å²) >= 11 is 1.53. The summed E-state index contributed by atoms with van der Waals surface area (Å²) in [5, 5.41) is 5.50. The van der Waals surface area contributed by atoms with E-state index in [0.29, 0.717) is 5.69 Å². The third kappa shape index (κ3) is 5.63. The number of nitrogens with zero attached hydrogens (tertiary/aromatic N) is 1. The van der Waals surface area contributed by atoms with Gasteiger partial charge in [-0.15, -0.1) is 11.8 Å². The zero-order valence-electron chi connectivity index (χ0n) is 16.4. The number of rotatable bonds is 8. The number of likely N-dealkylation sites (N-methyl/N-ethyl adjacent to an activating group) is 1. The molecule has 7 nitrogen and oxygen atoms in total. The highest BCUT2D eigenvalue weighted by Gasteiger charge is 2.29.